The SMILES string of the molecule is C=CC(=O)Oc1cc2c(cc1C(C)(C)C)OC(C)(CCOc1ccc(Cc3sc(=O)[nH]c3O)cc1)CC2. The minimum atomic E-state index is -0.475. The molecule has 2 N–H and O–H groups in total. The van der Waals surface area contributed by atoms with E-state index in [-0.39, 0.29) is 21.8 Å². The molecule has 1 atom stereocenters. The summed E-state index contributed by atoms with van der Waals surface area (Å²) < 4.78 is 18.0. The average Bonchev–Trinajstić information content (AvgIpc) is 3.15. The number of H-pyrrole nitrogens is 1. The first-order valence-electron chi connectivity index (χ1n) is 12.3. The number of esters is 1. The summed E-state index contributed by atoms with van der Waals surface area (Å²) in [6.07, 6.45) is 3.98. The minimum absolute atomic E-state index is 0.0683. The first-order chi connectivity index (χ1) is 17.5. The number of carbonyl (C=O) groups is 1. The highest BCUT2D eigenvalue weighted by atomic mass is 32.1. The predicted molar refractivity (Wildman–Crippen MR) is 144 cm³/mol. The van der Waals surface area contributed by atoms with E-state index in [9.17, 15) is 14.7 Å². The van der Waals surface area contributed by atoms with Gasteiger partial charge < -0.3 is 19.3 Å². The summed E-state index contributed by atoms with van der Waals surface area (Å²) in [5, 5.41) is 9.78. The van der Waals surface area contributed by atoms with E-state index >= 15 is 0 Å². The van der Waals surface area contributed by atoms with E-state index in [0.717, 1.165) is 52.4 Å². The molecule has 1 aliphatic rings. The van der Waals surface area contributed by atoms with Gasteiger partial charge in [-0.15, -0.1) is 0 Å². The Hall–Kier alpha value is -3.52. The number of aromatic amines is 1. The maximum Gasteiger partial charge on any atom is 0.335 e. The summed E-state index contributed by atoms with van der Waals surface area (Å²) in [7, 11) is 0. The summed E-state index contributed by atoms with van der Waals surface area (Å²) in [6, 6.07) is 11.6. The topological polar surface area (TPSA) is 97.9 Å². The monoisotopic (exact) mass is 523 g/mol. The molecule has 2 aromatic carbocycles. The maximum absolute atomic E-state index is 11.9. The molecule has 0 amide bonds. The van der Waals surface area contributed by atoms with Crippen molar-refractivity contribution in [1.29, 1.82) is 0 Å². The molecular weight excluding hydrogens is 490 g/mol. The molecule has 7 nitrogen and oxygen atoms in total. The Morgan fingerprint density at radius 2 is 2.00 bits per heavy atom. The molecule has 8 heteroatoms. The van der Waals surface area contributed by atoms with Crippen LogP contribution in [0.1, 0.15) is 62.1 Å². The lowest BCUT2D eigenvalue weighted by molar-refractivity contribution is -0.129. The number of carbonyl (C=O) groups excluding carboxylic acids is 1. The van der Waals surface area contributed by atoms with Crippen molar-refractivity contribution in [2.45, 2.75) is 64.4 Å². The zero-order chi connectivity index (χ0) is 26.8. The van der Waals surface area contributed by atoms with Crippen molar-refractivity contribution in [2.24, 2.45) is 0 Å². The van der Waals surface area contributed by atoms with Gasteiger partial charge in [0, 0.05) is 24.5 Å². The van der Waals surface area contributed by atoms with Crippen molar-refractivity contribution in [2.75, 3.05) is 6.61 Å². The number of benzene rings is 2. The number of aryl methyl sites for hydroxylation is 1. The van der Waals surface area contributed by atoms with Crippen LogP contribution in [0.3, 0.4) is 0 Å². The number of ether oxygens (including phenoxy) is 3. The summed E-state index contributed by atoms with van der Waals surface area (Å²) in [5.74, 6) is 1.57. The van der Waals surface area contributed by atoms with Crippen LogP contribution in [0, 0.1) is 0 Å². The zero-order valence-electron chi connectivity index (χ0n) is 21.7. The molecule has 3 aromatic rings. The van der Waals surface area contributed by atoms with Crippen molar-refractivity contribution < 1.29 is 24.1 Å². The molecule has 2 heterocycles. The molecule has 0 fully saturated rings. The van der Waals surface area contributed by atoms with E-state index in [1.807, 2.05) is 36.4 Å². The second-order valence-electron chi connectivity index (χ2n) is 10.6. The van der Waals surface area contributed by atoms with Crippen LogP contribution in [0.2, 0.25) is 0 Å². The molecule has 0 aliphatic carbocycles. The van der Waals surface area contributed by atoms with Gasteiger partial charge in [0.25, 0.3) is 0 Å². The van der Waals surface area contributed by atoms with Gasteiger partial charge in [0.15, 0.2) is 0 Å². The molecule has 0 radical (unpaired) electrons. The smallest absolute Gasteiger partial charge is 0.335 e. The standard InChI is InChI=1S/C29H33NO6S/c1-6-25(31)35-23-16-19-11-12-29(5,36-22(19)17-21(23)28(2,3)4)13-14-34-20-9-7-18(8-10-20)15-24-26(32)30-27(33)37-24/h6-10,16-17,32H,1,11-15H2,2-5H3,(H,30,33). The van der Waals surface area contributed by atoms with Crippen LogP contribution in [0.25, 0.3) is 0 Å². The van der Waals surface area contributed by atoms with Gasteiger partial charge >= 0.3 is 10.8 Å². The third kappa shape index (κ3) is 6.43. The fraction of sp³-hybridized carbons (Fsp3) is 0.379. The highest BCUT2D eigenvalue weighted by Crippen LogP contribution is 2.42. The van der Waals surface area contributed by atoms with Gasteiger partial charge in [0.2, 0.25) is 5.88 Å². The van der Waals surface area contributed by atoms with Gasteiger partial charge in [-0.05, 0) is 60.6 Å². The van der Waals surface area contributed by atoms with Crippen LogP contribution in [-0.4, -0.2) is 28.3 Å². The van der Waals surface area contributed by atoms with E-state index in [0.29, 0.717) is 30.1 Å². The van der Waals surface area contributed by atoms with E-state index in [4.69, 9.17) is 14.2 Å². The summed E-state index contributed by atoms with van der Waals surface area (Å²) in [4.78, 5) is 26.0. The van der Waals surface area contributed by atoms with Crippen molar-refractivity contribution in [3.63, 3.8) is 0 Å². The molecular formula is C29H33NO6S. The van der Waals surface area contributed by atoms with E-state index in [1.165, 1.54) is 6.08 Å². The maximum atomic E-state index is 11.9. The number of aromatic nitrogens is 1. The van der Waals surface area contributed by atoms with E-state index < -0.39 is 5.97 Å². The second-order valence-corrected chi connectivity index (χ2v) is 11.7. The van der Waals surface area contributed by atoms with Gasteiger partial charge in [0.1, 0.15) is 22.8 Å². The lowest BCUT2D eigenvalue weighted by Crippen LogP contribution is -2.38. The number of nitrogens with one attached hydrogen (secondary N) is 1. The van der Waals surface area contributed by atoms with Gasteiger partial charge in [-0.1, -0.05) is 50.8 Å². The highest BCUT2D eigenvalue weighted by Gasteiger charge is 2.34. The Labute approximate surface area is 220 Å². The fourth-order valence-corrected chi connectivity index (χ4v) is 5.11. The first-order valence-corrected chi connectivity index (χ1v) is 13.1. The summed E-state index contributed by atoms with van der Waals surface area (Å²) in [5.41, 5.74) is 2.28. The highest BCUT2D eigenvalue weighted by molar-refractivity contribution is 7.09. The molecule has 1 aliphatic heterocycles. The Bertz CT molecular complexity index is 1350. The van der Waals surface area contributed by atoms with E-state index in [2.05, 4.69) is 39.3 Å². The van der Waals surface area contributed by atoms with Crippen LogP contribution < -0.4 is 19.1 Å². The van der Waals surface area contributed by atoms with Crippen molar-refractivity contribution in [3.8, 4) is 23.1 Å². The molecule has 37 heavy (non-hydrogen) atoms. The number of hydrogen-bond acceptors (Lipinski definition) is 7. The molecule has 4 rings (SSSR count). The Morgan fingerprint density at radius 3 is 2.62 bits per heavy atom. The van der Waals surface area contributed by atoms with Crippen molar-refractivity contribution in [1.82, 2.24) is 4.98 Å². The zero-order valence-corrected chi connectivity index (χ0v) is 22.5. The van der Waals surface area contributed by atoms with Crippen LogP contribution in [-0.2, 0) is 23.1 Å². The first kappa shape index (κ1) is 26.5. The summed E-state index contributed by atoms with van der Waals surface area (Å²) in [6.45, 7) is 12.3. The molecule has 0 spiro atoms. The van der Waals surface area contributed by atoms with Gasteiger partial charge in [-0.25, -0.2) is 4.79 Å². The third-order valence-electron chi connectivity index (χ3n) is 6.52. The summed E-state index contributed by atoms with van der Waals surface area (Å²) >= 11 is 1.01. The normalized spacial score (nSPS) is 17.0. The Kier molecular flexibility index (Phi) is 7.50. The minimum Gasteiger partial charge on any atom is -0.494 e. The van der Waals surface area contributed by atoms with Crippen LogP contribution >= 0.6 is 11.3 Å². The molecule has 1 aromatic heterocycles. The number of rotatable bonds is 8. The Morgan fingerprint density at radius 1 is 1.27 bits per heavy atom. The molecule has 0 saturated carbocycles. The van der Waals surface area contributed by atoms with Gasteiger partial charge in [-0.3, -0.25) is 9.78 Å². The lowest BCUT2D eigenvalue weighted by atomic mass is 9.83. The van der Waals surface area contributed by atoms with Gasteiger partial charge in [-0.2, -0.15) is 0 Å². The molecule has 0 bridgehead atoms. The second kappa shape index (κ2) is 10.5. The quantitative estimate of drug-likeness (QED) is 0.224. The largest absolute Gasteiger partial charge is 0.494 e. The number of fused-ring (bicyclic) bond motifs is 1. The number of aromatic hydroxyl groups is 1. The number of thiazole rings is 1. The van der Waals surface area contributed by atoms with Crippen molar-refractivity contribution in [3.05, 3.63) is 80.3 Å². The fourth-order valence-electron chi connectivity index (χ4n) is 4.35. The molecule has 1 unspecified atom stereocenters. The van der Waals surface area contributed by atoms with Crippen LogP contribution in [0.15, 0.2) is 53.8 Å². The Balaban J connectivity index is 1.39. The third-order valence-corrected chi connectivity index (χ3v) is 7.39. The van der Waals surface area contributed by atoms with E-state index in [1.54, 1.807) is 0 Å². The molecule has 196 valence electrons. The lowest BCUT2D eigenvalue weighted by Gasteiger charge is -2.37. The van der Waals surface area contributed by atoms with Gasteiger partial charge in [0.05, 0.1) is 11.5 Å². The van der Waals surface area contributed by atoms with Crippen LogP contribution in [0.4, 0.5) is 0 Å². The molecule has 0 saturated heterocycles. The average molecular weight is 524 g/mol. The predicted octanol–water partition coefficient (Wildman–Crippen LogP) is 5.67. The van der Waals surface area contributed by atoms with Crippen LogP contribution in [0.5, 0.6) is 23.1 Å². The number of hydrogen-bond donors (Lipinski definition) is 2. The van der Waals surface area contributed by atoms with Crippen molar-refractivity contribution >= 4 is 17.3 Å².